The second kappa shape index (κ2) is 5.58. The lowest BCUT2D eigenvalue weighted by molar-refractivity contribution is -0.123. The lowest BCUT2D eigenvalue weighted by Crippen LogP contribution is -2.36. The number of amides is 1. The maximum atomic E-state index is 13.8. The van der Waals surface area contributed by atoms with Gasteiger partial charge in [0.05, 0.1) is 6.07 Å². The van der Waals surface area contributed by atoms with Gasteiger partial charge in [-0.05, 0) is 18.4 Å². The molecule has 3 nitrogen and oxygen atoms in total. The van der Waals surface area contributed by atoms with Crippen molar-refractivity contribution in [2.45, 2.75) is 43.6 Å². The van der Waals surface area contributed by atoms with Crippen LogP contribution in [-0.2, 0) is 11.2 Å². The van der Waals surface area contributed by atoms with Crippen molar-refractivity contribution in [3.05, 3.63) is 35.9 Å². The van der Waals surface area contributed by atoms with E-state index in [0.717, 1.165) is 0 Å². The minimum atomic E-state index is -2.91. The summed E-state index contributed by atoms with van der Waals surface area (Å²) in [5, 5.41) is 11.3. The first-order valence-electron chi connectivity index (χ1n) is 6.59. The van der Waals surface area contributed by atoms with Crippen LogP contribution in [-0.4, -0.2) is 17.4 Å². The van der Waals surface area contributed by atoms with Crippen LogP contribution < -0.4 is 5.32 Å². The number of alkyl halides is 2. The standard InChI is InChI=1S/C15H16F2N2O/c16-15(17,10-12-4-2-1-3-5-12)7-6-13(20)19-14(11-18)8-9-14/h1-5H,6-10H2,(H,19,20). The van der Waals surface area contributed by atoms with Crippen molar-refractivity contribution in [3.8, 4) is 6.07 Å². The Balaban J connectivity index is 1.80. The molecular formula is C15H16F2N2O. The zero-order valence-electron chi connectivity index (χ0n) is 11.0. The van der Waals surface area contributed by atoms with E-state index in [0.29, 0.717) is 18.4 Å². The van der Waals surface area contributed by atoms with Crippen LogP contribution >= 0.6 is 0 Å². The summed E-state index contributed by atoms with van der Waals surface area (Å²) in [6, 6.07) is 10.5. The number of halogens is 2. The minimum absolute atomic E-state index is 0.261. The molecular weight excluding hydrogens is 262 g/mol. The predicted molar refractivity (Wildman–Crippen MR) is 70.0 cm³/mol. The molecule has 0 unspecified atom stereocenters. The van der Waals surface area contributed by atoms with E-state index in [1.165, 1.54) is 0 Å². The Kier molecular flexibility index (Phi) is 4.03. The molecule has 0 bridgehead atoms. The molecule has 0 aromatic heterocycles. The second-order valence-electron chi connectivity index (χ2n) is 5.26. The first-order valence-corrected chi connectivity index (χ1v) is 6.59. The fourth-order valence-corrected chi connectivity index (χ4v) is 2.00. The van der Waals surface area contributed by atoms with E-state index in [-0.39, 0.29) is 12.8 Å². The van der Waals surface area contributed by atoms with E-state index < -0.39 is 23.8 Å². The highest BCUT2D eigenvalue weighted by Crippen LogP contribution is 2.34. The van der Waals surface area contributed by atoms with Crippen molar-refractivity contribution >= 4 is 5.91 Å². The third-order valence-corrected chi connectivity index (χ3v) is 3.37. The van der Waals surface area contributed by atoms with Crippen LogP contribution in [0.15, 0.2) is 30.3 Å². The third kappa shape index (κ3) is 4.02. The largest absolute Gasteiger partial charge is 0.338 e. The van der Waals surface area contributed by atoms with Gasteiger partial charge in [0.1, 0.15) is 5.54 Å². The van der Waals surface area contributed by atoms with E-state index in [9.17, 15) is 13.6 Å². The first kappa shape index (κ1) is 14.4. The molecule has 1 aliphatic rings. The monoisotopic (exact) mass is 278 g/mol. The van der Waals surface area contributed by atoms with Crippen molar-refractivity contribution in [1.29, 1.82) is 5.26 Å². The summed E-state index contributed by atoms with van der Waals surface area (Å²) in [6.07, 6.45) is 0.0777. The topological polar surface area (TPSA) is 52.9 Å². The van der Waals surface area contributed by atoms with Crippen LogP contribution in [0.4, 0.5) is 8.78 Å². The number of benzene rings is 1. The van der Waals surface area contributed by atoms with E-state index in [1.807, 2.05) is 6.07 Å². The van der Waals surface area contributed by atoms with Gasteiger partial charge in [0.2, 0.25) is 5.91 Å². The molecule has 2 rings (SSSR count). The van der Waals surface area contributed by atoms with Gasteiger partial charge < -0.3 is 5.32 Å². The van der Waals surface area contributed by atoms with Gasteiger partial charge in [-0.1, -0.05) is 30.3 Å². The first-order chi connectivity index (χ1) is 9.45. The average molecular weight is 278 g/mol. The highest BCUT2D eigenvalue weighted by Gasteiger charge is 2.44. The van der Waals surface area contributed by atoms with Crippen LogP contribution in [0, 0.1) is 11.3 Å². The Morgan fingerprint density at radius 3 is 2.55 bits per heavy atom. The molecule has 0 heterocycles. The van der Waals surface area contributed by atoms with Crippen LogP contribution in [0.3, 0.4) is 0 Å². The molecule has 1 saturated carbocycles. The zero-order valence-corrected chi connectivity index (χ0v) is 11.0. The molecule has 1 N–H and O–H groups in total. The maximum absolute atomic E-state index is 13.8. The summed E-state index contributed by atoms with van der Waals surface area (Å²) in [5.74, 6) is -3.39. The number of carbonyl (C=O) groups excluding carboxylic acids is 1. The molecule has 0 aliphatic heterocycles. The summed E-state index contributed by atoms with van der Waals surface area (Å²) < 4.78 is 27.5. The fraction of sp³-hybridized carbons (Fsp3) is 0.467. The lowest BCUT2D eigenvalue weighted by Gasteiger charge is -2.17. The summed E-state index contributed by atoms with van der Waals surface area (Å²) in [7, 11) is 0. The van der Waals surface area contributed by atoms with Gasteiger partial charge >= 0.3 is 0 Å². The smallest absolute Gasteiger partial charge is 0.252 e. The Bertz CT molecular complexity index is 518. The summed E-state index contributed by atoms with van der Waals surface area (Å²) in [6.45, 7) is 0. The van der Waals surface area contributed by atoms with Crippen molar-refractivity contribution in [1.82, 2.24) is 5.32 Å². The molecule has 0 saturated heterocycles. The highest BCUT2D eigenvalue weighted by atomic mass is 19.3. The zero-order chi connectivity index (χ0) is 14.6. The number of nitrogens with one attached hydrogen (secondary N) is 1. The Morgan fingerprint density at radius 2 is 2.00 bits per heavy atom. The molecule has 1 aromatic rings. The number of hydrogen-bond acceptors (Lipinski definition) is 2. The van der Waals surface area contributed by atoms with Gasteiger partial charge in [-0.2, -0.15) is 5.26 Å². The van der Waals surface area contributed by atoms with Gasteiger partial charge in [0, 0.05) is 19.3 Å². The summed E-state index contributed by atoms with van der Waals surface area (Å²) in [4.78, 5) is 11.6. The van der Waals surface area contributed by atoms with E-state index in [1.54, 1.807) is 30.3 Å². The maximum Gasteiger partial charge on any atom is 0.252 e. The van der Waals surface area contributed by atoms with Crippen molar-refractivity contribution in [3.63, 3.8) is 0 Å². The minimum Gasteiger partial charge on any atom is -0.338 e. The van der Waals surface area contributed by atoms with Crippen LogP contribution in [0.25, 0.3) is 0 Å². The van der Waals surface area contributed by atoms with Gasteiger partial charge in [0.25, 0.3) is 5.92 Å². The van der Waals surface area contributed by atoms with Crippen molar-refractivity contribution in [2.24, 2.45) is 0 Å². The summed E-state index contributed by atoms with van der Waals surface area (Å²) in [5.41, 5.74) is -0.236. The molecule has 0 radical (unpaired) electrons. The average Bonchev–Trinajstić information content (AvgIpc) is 3.18. The highest BCUT2D eigenvalue weighted by molar-refractivity contribution is 5.78. The SMILES string of the molecule is N#CC1(NC(=O)CCC(F)(F)Cc2ccccc2)CC1. The number of nitrogens with zero attached hydrogens (tertiary/aromatic N) is 1. The van der Waals surface area contributed by atoms with Crippen LogP contribution in [0.2, 0.25) is 0 Å². The molecule has 0 spiro atoms. The fourth-order valence-electron chi connectivity index (χ4n) is 2.00. The number of nitriles is 1. The normalized spacial score (nSPS) is 16.2. The predicted octanol–water partition coefficient (Wildman–Crippen LogP) is 2.82. The molecule has 1 fully saturated rings. The lowest BCUT2D eigenvalue weighted by atomic mass is 10.0. The summed E-state index contributed by atoms with van der Waals surface area (Å²) >= 11 is 0. The molecule has 0 atom stereocenters. The quantitative estimate of drug-likeness (QED) is 0.870. The molecule has 20 heavy (non-hydrogen) atoms. The molecule has 106 valence electrons. The number of rotatable bonds is 6. The van der Waals surface area contributed by atoms with Gasteiger partial charge in [0.15, 0.2) is 0 Å². The Labute approximate surface area is 116 Å². The van der Waals surface area contributed by atoms with Gasteiger partial charge in [-0.25, -0.2) is 8.78 Å². The van der Waals surface area contributed by atoms with E-state index in [4.69, 9.17) is 5.26 Å². The van der Waals surface area contributed by atoms with E-state index >= 15 is 0 Å². The number of hydrogen-bond donors (Lipinski definition) is 1. The Morgan fingerprint density at radius 1 is 1.35 bits per heavy atom. The molecule has 1 amide bonds. The van der Waals surface area contributed by atoms with Gasteiger partial charge in [-0.3, -0.25) is 4.79 Å². The Hall–Kier alpha value is -1.96. The van der Waals surface area contributed by atoms with Crippen LogP contribution in [0.5, 0.6) is 0 Å². The van der Waals surface area contributed by atoms with Crippen molar-refractivity contribution in [2.75, 3.05) is 0 Å². The van der Waals surface area contributed by atoms with Crippen molar-refractivity contribution < 1.29 is 13.6 Å². The van der Waals surface area contributed by atoms with Crippen LogP contribution in [0.1, 0.15) is 31.2 Å². The molecule has 5 heteroatoms. The number of carbonyl (C=O) groups is 1. The third-order valence-electron chi connectivity index (χ3n) is 3.37. The second-order valence-corrected chi connectivity index (χ2v) is 5.26. The van der Waals surface area contributed by atoms with E-state index in [2.05, 4.69) is 5.32 Å². The molecule has 1 aromatic carbocycles. The molecule has 1 aliphatic carbocycles. The van der Waals surface area contributed by atoms with Gasteiger partial charge in [-0.15, -0.1) is 0 Å².